The van der Waals surface area contributed by atoms with Crippen LogP contribution in [0.5, 0.6) is 5.75 Å². The van der Waals surface area contributed by atoms with Crippen LogP contribution in [0.2, 0.25) is 0 Å². The van der Waals surface area contributed by atoms with Crippen molar-refractivity contribution >= 4 is 11.9 Å². The Morgan fingerprint density at radius 2 is 1.90 bits per heavy atom. The van der Waals surface area contributed by atoms with E-state index in [1.807, 2.05) is 37.3 Å². The number of carbonyl (C=O) groups excluding carboxylic acids is 1. The Balaban J connectivity index is 1.83. The van der Waals surface area contributed by atoms with Crippen LogP contribution in [-0.2, 0) is 17.9 Å². The summed E-state index contributed by atoms with van der Waals surface area (Å²) in [7, 11) is 1.72. The first-order valence-electron chi connectivity index (χ1n) is 10.5. The molecule has 1 aromatic carbocycles. The molecule has 0 fully saturated rings. The maximum absolute atomic E-state index is 11.5. The highest BCUT2D eigenvalue weighted by Gasteiger charge is 2.13. The number of ether oxygens (including phenoxy) is 1. The van der Waals surface area contributed by atoms with E-state index < -0.39 is 0 Å². The number of hydrogen-bond donors (Lipinski definition) is 3. The average molecular weight is 416 g/mol. The van der Waals surface area contributed by atoms with Gasteiger partial charge in [0.15, 0.2) is 18.3 Å². The van der Waals surface area contributed by atoms with Crippen LogP contribution in [0.4, 0.5) is 0 Å². The van der Waals surface area contributed by atoms with E-state index in [0.717, 1.165) is 29.9 Å². The van der Waals surface area contributed by atoms with Crippen molar-refractivity contribution in [1.29, 1.82) is 0 Å². The monoisotopic (exact) mass is 415 g/mol. The standard InChI is InChI=1S/C22H33N5O3/c1-5-17(6-2)20-12-19(30-27-20)14-26-22(23-4)25-13-16-9-8-10-18(11-16)29-15-21(28)24-7-3/h8-12,17H,5-7,13-15H2,1-4H3,(H,24,28)(H2,23,25,26). The van der Waals surface area contributed by atoms with Crippen molar-refractivity contribution in [2.45, 2.75) is 52.6 Å². The molecule has 0 aliphatic rings. The Bertz CT molecular complexity index is 815. The zero-order valence-corrected chi connectivity index (χ0v) is 18.3. The fourth-order valence-corrected chi connectivity index (χ4v) is 3.03. The van der Waals surface area contributed by atoms with Crippen molar-refractivity contribution in [3.8, 4) is 5.75 Å². The normalized spacial score (nSPS) is 11.4. The van der Waals surface area contributed by atoms with Crippen molar-refractivity contribution in [2.75, 3.05) is 20.2 Å². The van der Waals surface area contributed by atoms with E-state index in [-0.39, 0.29) is 12.5 Å². The van der Waals surface area contributed by atoms with Crippen molar-refractivity contribution < 1.29 is 14.1 Å². The van der Waals surface area contributed by atoms with Gasteiger partial charge in [-0.05, 0) is 37.5 Å². The Morgan fingerprint density at radius 3 is 2.60 bits per heavy atom. The van der Waals surface area contributed by atoms with Gasteiger partial charge >= 0.3 is 0 Å². The topological polar surface area (TPSA) is 101 Å². The highest BCUT2D eigenvalue weighted by Crippen LogP contribution is 2.22. The molecule has 0 aliphatic carbocycles. The largest absolute Gasteiger partial charge is 0.484 e. The molecule has 3 N–H and O–H groups in total. The summed E-state index contributed by atoms with van der Waals surface area (Å²) < 4.78 is 11.0. The molecule has 2 aromatic rings. The summed E-state index contributed by atoms with van der Waals surface area (Å²) in [4.78, 5) is 15.8. The third-order valence-electron chi connectivity index (χ3n) is 4.74. The third-order valence-corrected chi connectivity index (χ3v) is 4.74. The molecule has 0 saturated heterocycles. The van der Waals surface area contributed by atoms with Gasteiger partial charge in [0.25, 0.3) is 5.91 Å². The highest BCUT2D eigenvalue weighted by molar-refractivity contribution is 5.79. The maximum Gasteiger partial charge on any atom is 0.257 e. The van der Waals surface area contributed by atoms with Crippen LogP contribution in [0, 0.1) is 0 Å². The van der Waals surface area contributed by atoms with Crippen LogP contribution < -0.4 is 20.7 Å². The molecule has 30 heavy (non-hydrogen) atoms. The lowest BCUT2D eigenvalue weighted by Gasteiger charge is -2.12. The summed E-state index contributed by atoms with van der Waals surface area (Å²) in [5.74, 6) is 2.39. The van der Waals surface area contributed by atoms with E-state index >= 15 is 0 Å². The Kier molecular flexibility index (Phi) is 9.70. The van der Waals surface area contributed by atoms with Gasteiger partial charge in [-0.2, -0.15) is 0 Å². The minimum absolute atomic E-state index is 0.00400. The van der Waals surface area contributed by atoms with Crippen LogP contribution in [0.1, 0.15) is 56.5 Å². The lowest BCUT2D eigenvalue weighted by Crippen LogP contribution is -2.36. The van der Waals surface area contributed by atoms with Gasteiger partial charge in [0, 0.05) is 32.1 Å². The Hall–Kier alpha value is -3.03. The van der Waals surface area contributed by atoms with Crippen LogP contribution in [0.3, 0.4) is 0 Å². The predicted octanol–water partition coefficient (Wildman–Crippen LogP) is 2.96. The molecule has 0 atom stereocenters. The summed E-state index contributed by atoms with van der Waals surface area (Å²) in [6.07, 6.45) is 2.09. The summed E-state index contributed by atoms with van der Waals surface area (Å²) in [5, 5.41) is 13.4. The first-order valence-corrected chi connectivity index (χ1v) is 10.5. The number of nitrogens with zero attached hydrogens (tertiary/aromatic N) is 2. The second-order valence-electron chi connectivity index (χ2n) is 6.90. The second-order valence-corrected chi connectivity index (χ2v) is 6.90. The van der Waals surface area contributed by atoms with E-state index in [1.165, 1.54) is 0 Å². The van der Waals surface area contributed by atoms with Crippen molar-refractivity contribution in [3.63, 3.8) is 0 Å². The molecule has 1 amide bonds. The third kappa shape index (κ3) is 7.42. The minimum Gasteiger partial charge on any atom is -0.484 e. The fourth-order valence-electron chi connectivity index (χ4n) is 3.03. The van der Waals surface area contributed by atoms with Gasteiger partial charge in [0.05, 0.1) is 12.2 Å². The average Bonchev–Trinajstić information content (AvgIpc) is 3.22. The number of benzene rings is 1. The predicted molar refractivity (Wildman–Crippen MR) is 117 cm³/mol. The molecule has 2 rings (SSSR count). The second kappa shape index (κ2) is 12.5. The molecular weight excluding hydrogens is 382 g/mol. The van der Waals surface area contributed by atoms with E-state index in [4.69, 9.17) is 9.26 Å². The van der Waals surface area contributed by atoms with Crippen molar-refractivity contribution in [1.82, 2.24) is 21.1 Å². The van der Waals surface area contributed by atoms with E-state index in [2.05, 4.69) is 39.9 Å². The molecule has 8 heteroatoms. The molecule has 0 aliphatic heterocycles. The van der Waals surface area contributed by atoms with Crippen LogP contribution in [0.15, 0.2) is 39.8 Å². The quantitative estimate of drug-likeness (QED) is 0.385. The van der Waals surface area contributed by atoms with E-state index in [9.17, 15) is 4.79 Å². The Morgan fingerprint density at radius 1 is 1.13 bits per heavy atom. The SMILES string of the molecule is CCNC(=O)COc1cccc(CNC(=NC)NCc2cc(C(CC)CC)no2)c1. The number of aliphatic imine (C=N–C) groups is 1. The zero-order valence-electron chi connectivity index (χ0n) is 18.3. The van der Waals surface area contributed by atoms with Gasteiger partial charge in [-0.25, -0.2) is 0 Å². The zero-order chi connectivity index (χ0) is 21.8. The number of aromatic nitrogens is 1. The fraction of sp³-hybridized carbons (Fsp3) is 0.500. The number of carbonyl (C=O) groups is 1. The lowest BCUT2D eigenvalue weighted by molar-refractivity contribution is -0.122. The van der Waals surface area contributed by atoms with Crippen LogP contribution >= 0.6 is 0 Å². The molecular formula is C22H33N5O3. The molecule has 0 unspecified atom stereocenters. The van der Waals surface area contributed by atoms with E-state index in [1.54, 1.807) is 7.05 Å². The summed E-state index contributed by atoms with van der Waals surface area (Å²) in [6.45, 7) is 7.85. The summed E-state index contributed by atoms with van der Waals surface area (Å²) in [5.41, 5.74) is 2.02. The molecule has 0 spiro atoms. The minimum atomic E-state index is -0.134. The highest BCUT2D eigenvalue weighted by atomic mass is 16.5. The first kappa shape index (κ1) is 23.3. The number of hydrogen-bond acceptors (Lipinski definition) is 5. The molecule has 0 saturated carbocycles. The van der Waals surface area contributed by atoms with Crippen molar-refractivity contribution in [3.05, 3.63) is 47.3 Å². The summed E-state index contributed by atoms with van der Waals surface area (Å²) in [6, 6.07) is 9.62. The molecule has 1 aromatic heterocycles. The smallest absolute Gasteiger partial charge is 0.257 e. The lowest BCUT2D eigenvalue weighted by atomic mass is 9.99. The first-order chi connectivity index (χ1) is 14.6. The molecule has 164 valence electrons. The molecule has 8 nitrogen and oxygen atoms in total. The van der Waals surface area contributed by atoms with Gasteiger partial charge in [0.1, 0.15) is 5.75 Å². The van der Waals surface area contributed by atoms with Gasteiger partial charge in [-0.3, -0.25) is 9.79 Å². The number of guanidine groups is 1. The number of nitrogens with one attached hydrogen (secondary N) is 3. The maximum atomic E-state index is 11.5. The van der Waals surface area contributed by atoms with Crippen LogP contribution in [-0.4, -0.2) is 37.2 Å². The molecule has 0 bridgehead atoms. The van der Waals surface area contributed by atoms with E-state index in [0.29, 0.717) is 37.3 Å². The number of amides is 1. The van der Waals surface area contributed by atoms with Gasteiger partial charge in [-0.15, -0.1) is 0 Å². The molecule has 1 heterocycles. The number of likely N-dealkylation sites (N-methyl/N-ethyl adjacent to an activating group) is 1. The van der Waals surface area contributed by atoms with Crippen molar-refractivity contribution in [2.24, 2.45) is 4.99 Å². The van der Waals surface area contributed by atoms with Gasteiger partial charge in [0.2, 0.25) is 0 Å². The number of rotatable bonds is 11. The Labute approximate surface area is 178 Å². The summed E-state index contributed by atoms with van der Waals surface area (Å²) >= 11 is 0. The van der Waals surface area contributed by atoms with Gasteiger partial charge in [-0.1, -0.05) is 31.1 Å². The van der Waals surface area contributed by atoms with Crippen LogP contribution in [0.25, 0.3) is 0 Å². The van der Waals surface area contributed by atoms with Gasteiger partial charge < -0.3 is 25.2 Å². The molecule has 0 radical (unpaired) electrons.